The molecule has 0 amide bonds. The van der Waals surface area contributed by atoms with Crippen molar-refractivity contribution in [2.45, 2.75) is 6.92 Å². The Labute approximate surface area is 80.9 Å². The molecule has 0 aromatic carbocycles. The van der Waals surface area contributed by atoms with Crippen LogP contribution in [0.15, 0.2) is 12.4 Å². The van der Waals surface area contributed by atoms with Gasteiger partial charge in [-0.05, 0) is 10.4 Å². The van der Waals surface area contributed by atoms with Gasteiger partial charge in [0.05, 0.1) is 6.67 Å². The molecule has 1 aliphatic rings. The quantitative estimate of drug-likeness (QED) is 0.488. The molecule has 0 unspecified atom stereocenters. The smallest absolute Gasteiger partial charge is 0.396 e. The SMILES string of the molecule is CCN1C=CN(C)C1.[O-][I+2]([O-])O. The maximum atomic E-state index is 8.68. The van der Waals surface area contributed by atoms with Gasteiger partial charge in [0.15, 0.2) is 0 Å². The summed E-state index contributed by atoms with van der Waals surface area (Å²) in [5.41, 5.74) is 0. The van der Waals surface area contributed by atoms with E-state index < -0.39 is 21.1 Å². The van der Waals surface area contributed by atoms with Gasteiger partial charge in [0.25, 0.3) is 0 Å². The van der Waals surface area contributed by atoms with Crippen LogP contribution in [0.5, 0.6) is 0 Å². The molecule has 0 saturated heterocycles. The third-order valence-electron chi connectivity index (χ3n) is 1.34. The van der Waals surface area contributed by atoms with Gasteiger partial charge >= 0.3 is 21.1 Å². The summed E-state index contributed by atoms with van der Waals surface area (Å²) in [6.07, 6.45) is 4.20. The van der Waals surface area contributed by atoms with Gasteiger partial charge in [0.2, 0.25) is 0 Å². The molecule has 1 aliphatic heterocycles. The van der Waals surface area contributed by atoms with E-state index >= 15 is 0 Å². The predicted octanol–water partition coefficient (Wildman–Crippen LogP) is -5.25. The summed E-state index contributed by atoms with van der Waals surface area (Å²) in [5.74, 6) is 0. The average Bonchev–Trinajstić information content (AvgIpc) is 2.34. The zero-order chi connectivity index (χ0) is 9.56. The lowest BCUT2D eigenvalue weighted by Gasteiger charge is -2.14. The van der Waals surface area contributed by atoms with Crippen molar-refractivity contribution in [2.24, 2.45) is 0 Å². The van der Waals surface area contributed by atoms with Gasteiger partial charge < -0.3 is 16.7 Å². The maximum absolute atomic E-state index is 8.68. The Balaban J connectivity index is 0.000000261. The highest BCUT2D eigenvalue weighted by Crippen LogP contribution is 2.00. The normalized spacial score (nSPS) is 15.2. The van der Waals surface area contributed by atoms with Crippen LogP contribution < -0.4 is 27.9 Å². The van der Waals surface area contributed by atoms with Crippen molar-refractivity contribution in [2.75, 3.05) is 20.3 Å². The number of hydrogen-bond acceptors (Lipinski definition) is 5. The summed E-state index contributed by atoms with van der Waals surface area (Å²) < 4.78 is 24.5. The lowest BCUT2D eigenvalue weighted by atomic mass is 10.6. The second kappa shape index (κ2) is 6.46. The van der Waals surface area contributed by atoms with Crippen LogP contribution in [-0.2, 0) is 0 Å². The fourth-order valence-corrected chi connectivity index (χ4v) is 0.794. The molecular weight excluding hydrogens is 275 g/mol. The Morgan fingerprint density at radius 1 is 1.50 bits per heavy atom. The van der Waals surface area contributed by atoms with E-state index in [-0.39, 0.29) is 0 Å². The summed E-state index contributed by atoms with van der Waals surface area (Å²) in [7, 11) is 2.08. The molecule has 0 bridgehead atoms. The van der Waals surface area contributed by atoms with Gasteiger partial charge in [-0.15, -0.1) is 0 Å². The highest BCUT2D eigenvalue weighted by Gasteiger charge is 2.03. The molecule has 1 rings (SSSR count). The number of nitrogens with zero attached hydrogens (tertiary/aromatic N) is 2. The van der Waals surface area contributed by atoms with Crippen molar-refractivity contribution in [1.29, 1.82) is 0 Å². The Morgan fingerprint density at radius 2 is 2.00 bits per heavy atom. The van der Waals surface area contributed by atoms with Crippen LogP contribution in [0.3, 0.4) is 0 Å². The zero-order valence-corrected chi connectivity index (χ0v) is 9.26. The van der Waals surface area contributed by atoms with E-state index in [1.165, 1.54) is 0 Å². The van der Waals surface area contributed by atoms with E-state index in [9.17, 15) is 0 Å². The summed E-state index contributed by atoms with van der Waals surface area (Å²) in [6, 6.07) is 0. The first-order valence-electron chi connectivity index (χ1n) is 3.43. The van der Waals surface area contributed by atoms with Gasteiger partial charge in [-0.3, -0.25) is 0 Å². The van der Waals surface area contributed by atoms with E-state index in [1.807, 2.05) is 0 Å². The van der Waals surface area contributed by atoms with Crippen LogP contribution in [0, 0.1) is 0 Å². The molecular formula is C6H13IN2O3. The lowest BCUT2D eigenvalue weighted by Crippen LogP contribution is -3.98. The van der Waals surface area contributed by atoms with Gasteiger partial charge in [-0.1, -0.05) is 0 Å². The first-order valence-corrected chi connectivity index (χ1v) is 6.16. The second-order valence-corrected chi connectivity index (χ2v) is 3.45. The first kappa shape index (κ1) is 11.9. The summed E-state index contributed by atoms with van der Waals surface area (Å²) in [6.45, 7) is 4.32. The Kier molecular flexibility index (Phi) is 6.44. The largest absolute Gasteiger partial charge is 0.503 e. The van der Waals surface area contributed by atoms with Gasteiger partial charge in [0.1, 0.15) is 0 Å². The molecule has 5 nitrogen and oxygen atoms in total. The van der Waals surface area contributed by atoms with Crippen LogP contribution in [-0.4, -0.2) is 33.5 Å². The van der Waals surface area contributed by atoms with E-state index in [0.717, 1.165) is 13.2 Å². The topological polar surface area (TPSA) is 72.8 Å². The Hall–Kier alpha value is -0.0500. The molecule has 1 heterocycles. The predicted molar refractivity (Wildman–Crippen MR) is 36.4 cm³/mol. The highest BCUT2D eigenvalue weighted by atomic mass is 127. The molecule has 0 atom stereocenters. The third kappa shape index (κ3) is 6.65. The van der Waals surface area contributed by atoms with Gasteiger partial charge in [-0.25, -0.2) is 0 Å². The Morgan fingerprint density at radius 3 is 2.17 bits per heavy atom. The molecule has 0 radical (unpaired) electrons. The van der Waals surface area contributed by atoms with Crippen molar-refractivity contribution in [3.8, 4) is 0 Å². The minimum absolute atomic E-state index is 1.05. The fraction of sp³-hybridized carbons (Fsp3) is 0.667. The van der Waals surface area contributed by atoms with E-state index in [1.54, 1.807) is 0 Å². The van der Waals surface area contributed by atoms with Gasteiger partial charge in [-0.2, -0.15) is 0 Å². The van der Waals surface area contributed by atoms with Crippen LogP contribution in [0.1, 0.15) is 6.92 Å². The minimum atomic E-state index is -3.76. The third-order valence-corrected chi connectivity index (χ3v) is 1.34. The summed E-state index contributed by atoms with van der Waals surface area (Å²) >= 11 is -3.76. The average molecular weight is 288 g/mol. The monoisotopic (exact) mass is 288 g/mol. The molecule has 12 heavy (non-hydrogen) atoms. The van der Waals surface area contributed by atoms with Crippen molar-refractivity contribution in [1.82, 2.24) is 9.80 Å². The number of halogens is 1. The number of hydrogen-bond donors (Lipinski definition) is 1. The summed E-state index contributed by atoms with van der Waals surface area (Å²) in [5, 5.41) is 0. The molecule has 0 spiro atoms. The fourth-order valence-electron chi connectivity index (χ4n) is 0.794. The van der Waals surface area contributed by atoms with Crippen LogP contribution >= 0.6 is 0 Å². The van der Waals surface area contributed by atoms with Crippen LogP contribution in [0.25, 0.3) is 0 Å². The van der Waals surface area contributed by atoms with Crippen molar-refractivity contribution >= 4 is 0 Å². The highest BCUT2D eigenvalue weighted by molar-refractivity contribution is 4.87. The van der Waals surface area contributed by atoms with Crippen molar-refractivity contribution < 1.29 is 31.4 Å². The van der Waals surface area contributed by atoms with Crippen LogP contribution in [0.2, 0.25) is 0 Å². The Bertz CT molecular complexity index is 140. The molecule has 0 aliphatic carbocycles. The van der Waals surface area contributed by atoms with E-state index in [0.29, 0.717) is 0 Å². The molecule has 6 heteroatoms. The van der Waals surface area contributed by atoms with Crippen molar-refractivity contribution in [3.63, 3.8) is 0 Å². The first-order chi connectivity index (χ1) is 5.56. The molecule has 0 saturated carbocycles. The molecule has 72 valence electrons. The maximum Gasteiger partial charge on any atom is 0.503 e. The number of rotatable bonds is 1. The van der Waals surface area contributed by atoms with Crippen molar-refractivity contribution in [3.05, 3.63) is 12.4 Å². The molecule has 0 fully saturated rings. The second-order valence-electron chi connectivity index (χ2n) is 2.30. The minimum Gasteiger partial charge on any atom is -0.396 e. The molecule has 0 aromatic rings. The molecule has 1 N–H and O–H groups in total. The zero-order valence-electron chi connectivity index (χ0n) is 7.11. The van der Waals surface area contributed by atoms with Gasteiger partial charge in [0, 0.05) is 26.0 Å². The summed E-state index contributed by atoms with van der Waals surface area (Å²) in [4.78, 5) is 4.41. The standard InChI is InChI=1S/C6H12N2.HIO3/c1-3-8-5-4-7(2)6-8;2-1(3)4/h4-5H,3,6H2,1-2H3;2H. The van der Waals surface area contributed by atoms with Crippen LogP contribution in [0.4, 0.5) is 0 Å². The van der Waals surface area contributed by atoms with E-state index in [2.05, 4.69) is 36.2 Å². The molecule has 0 aromatic heterocycles. The lowest BCUT2D eigenvalue weighted by molar-refractivity contribution is -1.63. The van der Waals surface area contributed by atoms with E-state index in [4.69, 9.17) is 10.3 Å².